The molecule has 0 spiro atoms. The van der Waals surface area contributed by atoms with Crippen molar-refractivity contribution in [1.29, 1.82) is 0 Å². The summed E-state index contributed by atoms with van der Waals surface area (Å²) in [5.74, 6) is -1.29. The first-order valence-corrected chi connectivity index (χ1v) is 16.9. The lowest BCUT2D eigenvalue weighted by molar-refractivity contribution is -0.147. The molecule has 0 saturated carbocycles. The minimum absolute atomic E-state index is 0.0419. The van der Waals surface area contributed by atoms with Crippen LogP contribution in [-0.4, -0.2) is 138 Å². The van der Waals surface area contributed by atoms with Gasteiger partial charge in [-0.15, -0.1) is 0 Å². The Morgan fingerprint density at radius 1 is 0.577 bits per heavy atom. The Kier molecular flexibility index (Phi) is 21.3. The van der Waals surface area contributed by atoms with E-state index in [1.165, 1.54) is 24.3 Å². The number of benzene rings is 2. The Hall–Kier alpha value is -4.55. The van der Waals surface area contributed by atoms with Gasteiger partial charge in [-0.1, -0.05) is 19.1 Å². The highest BCUT2D eigenvalue weighted by atomic mass is 16.6. The molecule has 0 atom stereocenters. The van der Waals surface area contributed by atoms with Crippen LogP contribution in [0.15, 0.2) is 36.4 Å². The number of ether oxygens (including phenoxy) is 8. The molecule has 2 aromatic carbocycles. The van der Waals surface area contributed by atoms with Crippen molar-refractivity contribution in [1.82, 2.24) is 10.6 Å². The van der Waals surface area contributed by atoms with Crippen molar-refractivity contribution < 1.29 is 72.7 Å². The van der Waals surface area contributed by atoms with E-state index in [9.17, 15) is 34.8 Å². The predicted octanol–water partition coefficient (Wildman–Crippen LogP) is 2.40. The molecule has 17 nitrogen and oxygen atoms in total. The van der Waals surface area contributed by atoms with Crippen LogP contribution in [0.1, 0.15) is 24.5 Å². The van der Waals surface area contributed by atoms with E-state index in [4.69, 9.17) is 37.9 Å². The van der Waals surface area contributed by atoms with Crippen LogP contribution in [0, 0.1) is 5.41 Å². The molecule has 0 unspecified atom stereocenters. The molecule has 2 aromatic rings. The second-order valence-electron chi connectivity index (χ2n) is 11.5. The first-order valence-electron chi connectivity index (χ1n) is 16.9. The van der Waals surface area contributed by atoms with Crippen molar-refractivity contribution in [3.63, 3.8) is 0 Å². The fourth-order valence-electron chi connectivity index (χ4n) is 4.42. The number of esters is 1. The zero-order chi connectivity index (χ0) is 38.0. The van der Waals surface area contributed by atoms with Gasteiger partial charge in [-0.25, -0.2) is 9.59 Å². The van der Waals surface area contributed by atoms with Crippen LogP contribution in [0.25, 0.3) is 0 Å². The lowest BCUT2D eigenvalue weighted by Crippen LogP contribution is -2.43. The molecule has 292 valence electrons. The predicted molar refractivity (Wildman–Crippen MR) is 184 cm³/mol. The number of aromatic hydroxyl groups is 4. The first-order chi connectivity index (χ1) is 25.1. The second-order valence-corrected chi connectivity index (χ2v) is 11.5. The number of hydrogen-bond acceptors (Lipinski definition) is 15. The van der Waals surface area contributed by atoms with Gasteiger partial charge in [-0.2, -0.15) is 0 Å². The third-order valence-electron chi connectivity index (χ3n) is 7.21. The maximum Gasteiger partial charge on any atom is 0.407 e. The first kappa shape index (κ1) is 43.6. The summed E-state index contributed by atoms with van der Waals surface area (Å²) in [6, 6.07) is 8.82. The molecule has 0 aliphatic carbocycles. The summed E-state index contributed by atoms with van der Waals surface area (Å²) in [6.45, 7) is 3.30. The zero-order valence-corrected chi connectivity index (χ0v) is 29.8. The monoisotopic (exact) mass is 740 g/mol. The molecular formula is C35H52N2O15. The SMILES string of the molecule is CCC(=O)OCCOCC(COCCOC)(COCCOC(=O)NCCc1ccc(O)c(O)c1)COCCOC(=O)NCCc1ccc(O)c(O)c1. The second kappa shape index (κ2) is 25.4. The van der Waals surface area contributed by atoms with Crippen molar-refractivity contribution in [2.75, 3.05) is 99.5 Å². The summed E-state index contributed by atoms with van der Waals surface area (Å²) in [6.07, 6.45) is -0.252. The Labute approximate surface area is 303 Å². The Morgan fingerprint density at radius 2 is 0.981 bits per heavy atom. The van der Waals surface area contributed by atoms with E-state index in [1.54, 1.807) is 26.2 Å². The quantitative estimate of drug-likeness (QED) is 0.0334. The maximum atomic E-state index is 12.1. The standard InChI is InChI=1S/C35H52N2O15/c1-3-32(42)50-17-14-47-23-35(22-46-13-12-45-2,24-48-15-18-51-33(43)36-10-8-26-4-6-28(38)30(40)20-26)25-49-16-19-52-34(44)37-11-9-27-5-7-29(39)31(41)21-27/h4-7,20-21,38-41H,3,8-19,22-25H2,1-2H3,(H,36,43)(H,37,44). The minimum atomic E-state index is -0.863. The van der Waals surface area contributed by atoms with Crippen LogP contribution in [-0.2, 0) is 55.5 Å². The average Bonchev–Trinajstić information content (AvgIpc) is 3.12. The number of amides is 2. The fraction of sp³-hybridized carbons (Fsp3) is 0.571. The molecule has 0 aliphatic heterocycles. The van der Waals surface area contributed by atoms with Crippen LogP contribution in [0.4, 0.5) is 9.59 Å². The van der Waals surface area contributed by atoms with Crippen LogP contribution in [0.5, 0.6) is 23.0 Å². The number of carbonyl (C=O) groups is 3. The molecule has 0 fully saturated rings. The molecule has 2 rings (SSSR count). The lowest BCUT2D eigenvalue weighted by atomic mass is 9.92. The molecular weight excluding hydrogens is 688 g/mol. The third-order valence-corrected chi connectivity index (χ3v) is 7.21. The van der Waals surface area contributed by atoms with Gasteiger partial charge in [-0.05, 0) is 48.2 Å². The highest BCUT2D eigenvalue weighted by molar-refractivity contribution is 5.68. The molecule has 0 saturated heterocycles. The van der Waals surface area contributed by atoms with Crippen molar-refractivity contribution >= 4 is 18.2 Å². The molecule has 0 radical (unpaired) electrons. The molecule has 52 heavy (non-hydrogen) atoms. The van der Waals surface area contributed by atoms with Gasteiger partial charge in [0.2, 0.25) is 0 Å². The molecule has 0 aliphatic rings. The van der Waals surface area contributed by atoms with Crippen LogP contribution >= 0.6 is 0 Å². The summed E-state index contributed by atoms with van der Waals surface area (Å²) < 4.78 is 44.0. The van der Waals surface area contributed by atoms with E-state index in [1.807, 2.05) is 0 Å². The van der Waals surface area contributed by atoms with E-state index >= 15 is 0 Å². The summed E-state index contributed by atoms with van der Waals surface area (Å²) in [4.78, 5) is 35.8. The lowest BCUT2D eigenvalue weighted by Gasteiger charge is -2.33. The van der Waals surface area contributed by atoms with Crippen LogP contribution in [0.2, 0.25) is 0 Å². The van der Waals surface area contributed by atoms with Gasteiger partial charge in [0.1, 0.15) is 19.8 Å². The molecule has 0 aromatic heterocycles. The Morgan fingerprint density at radius 3 is 1.37 bits per heavy atom. The zero-order valence-electron chi connectivity index (χ0n) is 29.8. The van der Waals surface area contributed by atoms with E-state index in [0.29, 0.717) is 19.4 Å². The van der Waals surface area contributed by atoms with Gasteiger partial charge in [0.05, 0.1) is 64.9 Å². The van der Waals surface area contributed by atoms with Crippen molar-refractivity contribution in [2.24, 2.45) is 5.41 Å². The highest BCUT2D eigenvalue weighted by Crippen LogP contribution is 2.26. The van der Waals surface area contributed by atoms with Gasteiger partial charge in [0.15, 0.2) is 23.0 Å². The summed E-state index contributed by atoms with van der Waals surface area (Å²) in [5.41, 5.74) is 0.573. The summed E-state index contributed by atoms with van der Waals surface area (Å²) in [7, 11) is 1.55. The molecule has 2 amide bonds. The van der Waals surface area contributed by atoms with Gasteiger partial charge in [0.25, 0.3) is 0 Å². The van der Waals surface area contributed by atoms with Crippen LogP contribution < -0.4 is 10.6 Å². The Bertz CT molecular complexity index is 1260. The summed E-state index contributed by atoms with van der Waals surface area (Å²) >= 11 is 0. The molecule has 6 N–H and O–H groups in total. The van der Waals surface area contributed by atoms with E-state index in [-0.39, 0.29) is 121 Å². The van der Waals surface area contributed by atoms with E-state index in [2.05, 4.69) is 10.6 Å². The van der Waals surface area contributed by atoms with Gasteiger partial charge in [0, 0.05) is 26.6 Å². The van der Waals surface area contributed by atoms with Crippen LogP contribution in [0.3, 0.4) is 0 Å². The van der Waals surface area contributed by atoms with Crippen molar-refractivity contribution in [3.05, 3.63) is 47.5 Å². The number of hydrogen-bond donors (Lipinski definition) is 6. The summed E-state index contributed by atoms with van der Waals surface area (Å²) in [5, 5.41) is 43.3. The van der Waals surface area contributed by atoms with Crippen molar-refractivity contribution in [2.45, 2.75) is 26.2 Å². The van der Waals surface area contributed by atoms with Gasteiger partial charge in [-0.3, -0.25) is 4.79 Å². The van der Waals surface area contributed by atoms with Gasteiger partial charge < -0.3 is 69.0 Å². The topological polar surface area (TPSA) is 230 Å². The number of alkyl carbamates (subject to hydrolysis) is 2. The van der Waals surface area contributed by atoms with E-state index < -0.39 is 17.6 Å². The molecule has 0 bridgehead atoms. The molecule has 17 heteroatoms. The van der Waals surface area contributed by atoms with Crippen molar-refractivity contribution in [3.8, 4) is 23.0 Å². The largest absolute Gasteiger partial charge is 0.504 e. The minimum Gasteiger partial charge on any atom is -0.504 e. The third kappa shape index (κ3) is 18.6. The normalized spacial score (nSPS) is 11.2. The number of methoxy groups -OCH3 is 1. The number of nitrogens with one attached hydrogen (secondary N) is 2. The number of phenols is 4. The smallest absolute Gasteiger partial charge is 0.407 e. The fourth-order valence-corrected chi connectivity index (χ4v) is 4.42. The average molecular weight is 741 g/mol. The Balaban J connectivity index is 1.84. The highest BCUT2D eigenvalue weighted by Gasteiger charge is 2.33. The number of carbonyl (C=O) groups excluding carboxylic acids is 3. The van der Waals surface area contributed by atoms with E-state index in [0.717, 1.165) is 11.1 Å². The molecule has 0 heterocycles. The van der Waals surface area contributed by atoms with Gasteiger partial charge >= 0.3 is 18.2 Å². The maximum absolute atomic E-state index is 12.1. The number of rotatable bonds is 27. The number of phenolic OH excluding ortho intramolecular Hbond substituents is 4.